The molecule has 7 heteroatoms. The number of ether oxygens (including phenoxy) is 1. The second kappa shape index (κ2) is 9.37. The number of benzene rings is 1. The van der Waals surface area contributed by atoms with Crippen LogP contribution in [0.25, 0.3) is 0 Å². The first-order chi connectivity index (χ1) is 12.3. The van der Waals surface area contributed by atoms with Gasteiger partial charge in [0.05, 0.1) is 17.9 Å². The van der Waals surface area contributed by atoms with Gasteiger partial charge >= 0.3 is 0 Å². The first-order valence-electron chi connectivity index (χ1n) is 9.26. The monoisotopic (exact) mass is 382 g/mol. The third-order valence-electron chi connectivity index (χ3n) is 4.71. The molecule has 1 heterocycles. The summed E-state index contributed by atoms with van der Waals surface area (Å²) < 4.78 is 32.2. The van der Waals surface area contributed by atoms with Crippen LogP contribution in [0.4, 0.5) is 0 Å². The van der Waals surface area contributed by atoms with Crippen molar-refractivity contribution in [2.24, 2.45) is 11.8 Å². The molecule has 1 fully saturated rings. The first-order valence-corrected chi connectivity index (χ1v) is 10.7. The zero-order valence-corrected chi connectivity index (χ0v) is 16.7. The Balaban J connectivity index is 1.96. The van der Waals surface area contributed by atoms with Crippen molar-refractivity contribution in [3.05, 3.63) is 24.3 Å². The smallest absolute Gasteiger partial charge is 0.243 e. The molecule has 1 saturated heterocycles. The molecular weight excluding hydrogens is 352 g/mol. The minimum absolute atomic E-state index is 0.0385. The molecule has 1 aromatic carbocycles. The zero-order chi connectivity index (χ0) is 19.2. The maximum Gasteiger partial charge on any atom is 0.243 e. The minimum Gasteiger partial charge on any atom is -0.497 e. The van der Waals surface area contributed by atoms with Gasteiger partial charge in [-0.2, -0.15) is 4.31 Å². The summed E-state index contributed by atoms with van der Waals surface area (Å²) in [5.74, 6) is 0.909. The fourth-order valence-corrected chi connectivity index (χ4v) is 4.66. The van der Waals surface area contributed by atoms with Crippen molar-refractivity contribution in [2.45, 2.75) is 44.4 Å². The lowest BCUT2D eigenvalue weighted by molar-refractivity contribution is -0.126. The van der Waals surface area contributed by atoms with Gasteiger partial charge in [0.15, 0.2) is 0 Å². The van der Waals surface area contributed by atoms with Gasteiger partial charge in [-0.15, -0.1) is 0 Å². The predicted octanol–water partition coefficient (Wildman–Crippen LogP) is 2.65. The van der Waals surface area contributed by atoms with E-state index in [1.54, 1.807) is 31.4 Å². The first kappa shape index (κ1) is 20.7. The molecule has 1 aliphatic rings. The summed E-state index contributed by atoms with van der Waals surface area (Å²) in [5.41, 5.74) is 0. The van der Waals surface area contributed by atoms with Crippen LogP contribution >= 0.6 is 0 Å². The molecule has 1 aromatic rings. The molecule has 0 radical (unpaired) electrons. The van der Waals surface area contributed by atoms with Crippen LogP contribution < -0.4 is 10.1 Å². The zero-order valence-electron chi connectivity index (χ0n) is 15.9. The summed E-state index contributed by atoms with van der Waals surface area (Å²) in [5, 5.41) is 2.96. The number of amides is 1. The fraction of sp³-hybridized carbons (Fsp3) is 0.632. The Kier molecular flexibility index (Phi) is 7.46. The summed E-state index contributed by atoms with van der Waals surface area (Å²) in [7, 11) is -2.05. The average Bonchev–Trinajstić information content (AvgIpc) is 2.65. The normalized spacial score (nSPS) is 18.7. The summed E-state index contributed by atoms with van der Waals surface area (Å²) in [4.78, 5) is 12.6. The highest BCUT2D eigenvalue weighted by Gasteiger charge is 2.33. The Bertz CT molecular complexity index is 686. The van der Waals surface area contributed by atoms with Crippen LogP contribution in [0.1, 0.15) is 39.5 Å². The van der Waals surface area contributed by atoms with Gasteiger partial charge in [-0.1, -0.05) is 13.8 Å². The van der Waals surface area contributed by atoms with E-state index < -0.39 is 10.0 Å². The van der Waals surface area contributed by atoms with E-state index in [2.05, 4.69) is 19.2 Å². The maximum atomic E-state index is 12.8. The number of sulfonamides is 1. The third-order valence-corrected chi connectivity index (χ3v) is 6.59. The molecule has 146 valence electrons. The Labute approximate surface area is 157 Å². The van der Waals surface area contributed by atoms with Crippen molar-refractivity contribution in [1.82, 2.24) is 9.62 Å². The summed E-state index contributed by atoms with van der Waals surface area (Å²) in [6, 6.07) is 6.36. The van der Waals surface area contributed by atoms with Gasteiger partial charge in [0, 0.05) is 19.6 Å². The van der Waals surface area contributed by atoms with Gasteiger partial charge in [0.2, 0.25) is 15.9 Å². The van der Waals surface area contributed by atoms with E-state index in [1.807, 2.05) is 0 Å². The average molecular weight is 383 g/mol. The molecule has 0 saturated carbocycles. The highest BCUT2D eigenvalue weighted by atomic mass is 32.2. The van der Waals surface area contributed by atoms with E-state index in [4.69, 9.17) is 4.74 Å². The molecule has 0 spiro atoms. The molecule has 1 amide bonds. The SMILES string of the molecule is COc1ccc(S(=O)(=O)N2CCCC(C(=O)NCCCC(C)C)C2)cc1. The lowest BCUT2D eigenvalue weighted by atomic mass is 9.98. The molecule has 0 bridgehead atoms. The van der Waals surface area contributed by atoms with Crippen molar-refractivity contribution in [3.63, 3.8) is 0 Å². The lowest BCUT2D eigenvalue weighted by Gasteiger charge is -2.31. The molecule has 2 rings (SSSR count). The van der Waals surface area contributed by atoms with Crippen LogP contribution in [0.15, 0.2) is 29.2 Å². The molecule has 1 unspecified atom stereocenters. The molecule has 6 nitrogen and oxygen atoms in total. The minimum atomic E-state index is -3.59. The summed E-state index contributed by atoms with van der Waals surface area (Å²) >= 11 is 0. The topological polar surface area (TPSA) is 75.7 Å². The van der Waals surface area contributed by atoms with Crippen LogP contribution in [0.2, 0.25) is 0 Å². The summed E-state index contributed by atoms with van der Waals surface area (Å²) in [6.07, 6.45) is 3.44. The van der Waals surface area contributed by atoms with Gasteiger partial charge in [-0.3, -0.25) is 4.79 Å². The van der Waals surface area contributed by atoms with Crippen molar-refractivity contribution in [2.75, 3.05) is 26.7 Å². The lowest BCUT2D eigenvalue weighted by Crippen LogP contribution is -2.45. The number of nitrogens with zero attached hydrogens (tertiary/aromatic N) is 1. The number of methoxy groups -OCH3 is 1. The van der Waals surface area contributed by atoms with Crippen LogP contribution in [0, 0.1) is 11.8 Å². The Morgan fingerprint density at radius 2 is 2.00 bits per heavy atom. The molecule has 0 aromatic heterocycles. The maximum absolute atomic E-state index is 12.8. The van der Waals surface area contributed by atoms with Crippen LogP contribution in [0.3, 0.4) is 0 Å². The largest absolute Gasteiger partial charge is 0.497 e. The molecule has 0 aliphatic carbocycles. The summed E-state index contributed by atoms with van der Waals surface area (Å²) in [6.45, 7) is 5.66. The van der Waals surface area contributed by atoms with Crippen molar-refractivity contribution >= 4 is 15.9 Å². The quantitative estimate of drug-likeness (QED) is 0.702. The van der Waals surface area contributed by atoms with Crippen LogP contribution in [-0.2, 0) is 14.8 Å². The van der Waals surface area contributed by atoms with Crippen molar-refractivity contribution < 1.29 is 17.9 Å². The van der Waals surface area contributed by atoms with Gasteiger partial charge < -0.3 is 10.1 Å². The number of carbonyl (C=O) groups is 1. The highest BCUT2D eigenvalue weighted by Crippen LogP contribution is 2.25. The molecule has 1 N–H and O–H groups in total. The highest BCUT2D eigenvalue weighted by molar-refractivity contribution is 7.89. The standard InChI is InChI=1S/C19H30N2O4S/c1-15(2)6-4-12-20-19(22)16-7-5-13-21(14-16)26(23,24)18-10-8-17(25-3)9-11-18/h8-11,15-16H,4-7,12-14H2,1-3H3,(H,20,22). The number of hydrogen-bond acceptors (Lipinski definition) is 4. The van der Waals surface area contributed by atoms with Gasteiger partial charge in [0.25, 0.3) is 0 Å². The molecule has 1 atom stereocenters. The van der Waals surface area contributed by atoms with E-state index in [0.29, 0.717) is 31.2 Å². The second-order valence-electron chi connectivity index (χ2n) is 7.20. The van der Waals surface area contributed by atoms with Gasteiger partial charge in [-0.25, -0.2) is 8.42 Å². The van der Waals surface area contributed by atoms with E-state index >= 15 is 0 Å². The van der Waals surface area contributed by atoms with E-state index in [9.17, 15) is 13.2 Å². The Morgan fingerprint density at radius 1 is 1.31 bits per heavy atom. The number of hydrogen-bond donors (Lipinski definition) is 1. The molecular formula is C19H30N2O4S. The number of nitrogens with one attached hydrogen (secondary N) is 1. The van der Waals surface area contributed by atoms with E-state index in [1.165, 1.54) is 4.31 Å². The second-order valence-corrected chi connectivity index (χ2v) is 9.14. The van der Waals surface area contributed by atoms with Crippen LogP contribution in [0.5, 0.6) is 5.75 Å². The van der Waals surface area contributed by atoms with E-state index in [0.717, 1.165) is 19.3 Å². The Morgan fingerprint density at radius 3 is 2.62 bits per heavy atom. The number of piperidine rings is 1. The number of rotatable bonds is 8. The van der Waals surface area contributed by atoms with E-state index in [-0.39, 0.29) is 23.3 Å². The number of carbonyl (C=O) groups excluding carboxylic acids is 1. The van der Waals surface area contributed by atoms with Crippen LogP contribution in [-0.4, -0.2) is 45.4 Å². The van der Waals surface area contributed by atoms with Crippen molar-refractivity contribution in [1.29, 1.82) is 0 Å². The third kappa shape index (κ3) is 5.45. The van der Waals surface area contributed by atoms with Crippen molar-refractivity contribution in [3.8, 4) is 5.75 Å². The fourth-order valence-electron chi connectivity index (χ4n) is 3.14. The van der Waals surface area contributed by atoms with Gasteiger partial charge in [0.1, 0.15) is 5.75 Å². The predicted molar refractivity (Wildman–Crippen MR) is 102 cm³/mol. The molecule has 26 heavy (non-hydrogen) atoms. The molecule has 1 aliphatic heterocycles. The Hall–Kier alpha value is -1.60. The van der Waals surface area contributed by atoms with Gasteiger partial charge in [-0.05, 0) is 55.9 Å².